The Morgan fingerprint density at radius 3 is 2.15 bits per heavy atom. The van der Waals surface area contributed by atoms with Gasteiger partial charge in [-0.15, -0.1) is 0 Å². The number of imidazole rings is 1. The van der Waals surface area contributed by atoms with Crippen LogP contribution in [0.5, 0.6) is 11.5 Å². The minimum atomic E-state index is 0.152. The second kappa shape index (κ2) is 6.76. The molecule has 4 heteroatoms. The molecule has 0 fully saturated rings. The number of methoxy groups -OCH3 is 1. The van der Waals surface area contributed by atoms with E-state index < -0.39 is 0 Å². The predicted octanol–water partition coefficient (Wildman–Crippen LogP) is 5.12. The van der Waals surface area contributed by atoms with Crippen molar-refractivity contribution >= 4 is 0 Å². The fourth-order valence-electron chi connectivity index (χ4n) is 2.95. The van der Waals surface area contributed by atoms with E-state index in [4.69, 9.17) is 9.72 Å². The first-order valence-corrected chi connectivity index (χ1v) is 8.34. The molecule has 0 aliphatic carbocycles. The molecule has 0 amide bonds. The summed E-state index contributed by atoms with van der Waals surface area (Å²) < 4.78 is 5.28. The highest BCUT2D eigenvalue weighted by Crippen LogP contribution is 2.36. The van der Waals surface area contributed by atoms with E-state index in [-0.39, 0.29) is 5.75 Å². The molecule has 0 aliphatic rings. The number of phenols is 1. The standard InChI is InChI=1S/C22H18N2O2/c1-26-17-12-13-19(25)18(14-17)22-23-20(15-8-4-2-5-9-15)21(24-22)16-10-6-3-7-11-16/h2-14,25H,1H3,(H,23,24). The summed E-state index contributed by atoms with van der Waals surface area (Å²) in [6.07, 6.45) is 0. The van der Waals surface area contributed by atoms with Gasteiger partial charge < -0.3 is 14.8 Å². The van der Waals surface area contributed by atoms with Crippen LogP contribution in [0.3, 0.4) is 0 Å². The lowest BCUT2D eigenvalue weighted by atomic mass is 10.1. The highest BCUT2D eigenvalue weighted by Gasteiger charge is 2.17. The number of phenolic OH excluding ortho intramolecular Hbond substituents is 1. The molecule has 0 atom stereocenters. The maximum absolute atomic E-state index is 10.3. The second-order valence-corrected chi connectivity index (χ2v) is 5.92. The number of ether oxygens (including phenoxy) is 1. The van der Waals surface area contributed by atoms with Gasteiger partial charge in [0.15, 0.2) is 0 Å². The van der Waals surface area contributed by atoms with E-state index in [1.807, 2.05) is 60.7 Å². The first kappa shape index (κ1) is 16.0. The van der Waals surface area contributed by atoms with Crippen molar-refractivity contribution in [2.45, 2.75) is 0 Å². The summed E-state index contributed by atoms with van der Waals surface area (Å²) >= 11 is 0. The topological polar surface area (TPSA) is 58.1 Å². The summed E-state index contributed by atoms with van der Waals surface area (Å²) in [5, 5.41) is 10.3. The van der Waals surface area contributed by atoms with Gasteiger partial charge in [0.2, 0.25) is 0 Å². The third-order valence-corrected chi connectivity index (χ3v) is 4.27. The first-order chi connectivity index (χ1) is 12.8. The molecule has 0 spiro atoms. The maximum Gasteiger partial charge on any atom is 0.142 e. The SMILES string of the molecule is COc1ccc(O)c(-c2nc(-c3ccccc3)c(-c3ccccc3)[nH]2)c1. The van der Waals surface area contributed by atoms with Crippen LogP contribution in [0.2, 0.25) is 0 Å². The van der Waals surface area contributed by atoms with E-state index >= 15 is 0 Å². The number of rotatable bonds is 4. The zero-order chi connectivity index (χ0) is 17.9. The zero-order valence-electron chi connectivity index (χ0n) is 14.3. The van der Waals surface area contributed by atoms with Gasteiger partial charge in [-0.25, -0.2) is 4.98 Å². The van der Waals surface area contributed by atoms with Gasteiger partial charge in [-0.1, -0.05) is 60.7 Å². The molecular weight excluding hydrogens is 324 g/mol. The van der Waals surface area contributed by atoms with Crippen molar-refractivity contribution in [2.75, 3.05) is 7.11 Å². The summed E-state index contributed by atoms with van der Waals surface area (Å²) in [6, 6.07) is 25.2. The molecule has 0 saturated heterocycles. The third-order valence-electron chi connectivity index (χ3n) is 4.27. The van der Waals surface area contributed by atoms with E-state index in [1.165, 1.54) is 0 Å². The van der Waals surface area contributed by atoms with E-state index in [0.717, 1.165) is 22.5 Å². The van der Waals surface area contributed by atoms with Gasteiger partial charge >= 0.3 is 0 Å². The van der Waals surface area contributed by atoms with Gasteiger partial charge in [0, 0.05) is 11.1 Å². The van der Waals surface area contributed by atoms with E-state index in [0.29, 0.717) is 17.1 Å². The Labute approximate surface area is 151 Å². The smallest absolute Gasteiger partial charge is 0.142 e. The average Bonchev–Trinajstić information content (AvgIpc) is 3.15. The van der Waals surface area contributed by atoms with Crippen LogP contribution in [0.4, 0.5) is 0 Å². The Morgan fingerprint density at radius 1 is 0.846 bits per heavy atom. The minimum absolute atomic E-state index is 0.152. The Balaban J connectivity index is 1.92. The molecule has 1 heterocycles. The van der Waals surface area contributed by atoms with Crippen LogP contribution in [0.15, 0.2) is 78.9 Å². The van der Waals surface area contributed by atoms with Crippen LogP contribution in [0.1, 0.15) is 0 Å². The van der Waals surface area contributed by atoms with Gasteiger partial charge in [-0.3, -0.25) is 0 Å². The van der Waals surface area contributed by atoms with Crippen molar-refractivity contribution in [3.63, 3.8) is 0 Å². The lowest BCUT2D eigenvalue weighted by Gasteiger charge is -2.04. The first-order valence-electron chi connectivity index (χ1n) is 8.34. The van der Waals surface area contributed by atoms with E-state index in [9.17, 15) is 5.11 Å². The number of hydrogen-bond acceptors (Lipinski definition) is 3. The molecule has 0 radical (unpaired) electrons. The number of aromatic hydroxyl groups is 1. The highest BCUT2D eigenvalue weighted by atomic mass is 16.5. The van der Waals surface area contributed by atoms with Crippen LogP contribution >= 0.6 is 0 Å². The summed E-state index contributed by atoms with van der Waals surface area (Å²) in [6.45, 7) is 0. The number of aromatic amines is 1. The van der Waals surface area contributed by atoms with E-state index in [2.05, 4.69) is 4.98 Å². The Morgan fingerprint density at radius 2 is 1.50 bits per heavy atom. The van der Waals surface area contributed by atoms with E-state index in [1.54, 1.807) is 25.3 Å². The van der Waals surface area contributed by atoms with Crippen molar-refractivity contribution in [2.24, 2.45) is 0 Å². The quantitative estimate of drug-likeness (QED) is 0.541. The molecule has 2 N–H and O–H groups in total. The lowest BCUT2D eigenvalue weighted by molar-refractivity contribution is 0.412. The second-order valence-electron chi connectivity index (χ2n) is 5.92. The van der Waals surface area contributed by atoms with Gasteiger partial charge in [0.1, 0.15) is 17.3 Å². The molecule has 3 aromatic carbocycles. The van der Waals surface area contributed by atoms with Crippen molar-refractivity contribution in [3.8, 4) is 45.4 Å². The van der Waals surface area contributed by atoms with Gasteiger partial charge in [0.25, 0.3) is 0 Å². The number of hydrogen-bond donors (Lipinski definition) is 2. The van der Waals surface area contributed by atoms with Crippen LogP contribution in [0.25, 0.3) is 33.9 Å². The molecule has 26 heavy (non-hydrogen) atoms. The maximum atomic E-state index is 10.3. The number of nitrogens with zero attached hydrogens (tertiary/aromatic N) is 1. The molecule has 0 aliphatic heterocycles. The van der Waals surface area contributed by atoms with Gasteiger partial charge in [-0.2, -0.15) is 0 Å². The van der Waals surface area contributed by atoms with Crippen molar-refractivity contribution < 1.29 is 9.84 Å². The Kier molecular flexibility index (Phi) is 4.15. The van der Waals surface area contributed by atoms with Crippen molar-refractivity contribution in [1.29, 1.82) is 0 Å². The van der Waals surface area contributed by atoms with Gasteiger partial charge in [-0.05, 0) is 18.2 Å². The fraction of sp³-hybridized carbons (Fsp3) is 0.0455. The average molecular weight is 342 g/mol. The normalized spacial score (nSPS) is 10.7. The number of nitrogens with one attached hydrogen (secondary N) is 1. The molecule has 4 nitrogen and oxygen atoms in total. The van der Waals surface area contributed by atoms with Crippen molar-refractivity contribution in [1.82, 2.24) is 9.97 Å². The molecule has 0 bridgehead atoms. The van der Waals surface area contributed by atoms with Crippen LogP contribution in [-0.4, -0.2) is 22.2 Å². The monoisotopic (exact) mass is 342 g/mol. The summed E-state index contributed by atoms with van der Waals surface area (Å²) in [5.41, 5.74) is 4.40. The number of aromatic nitrogens is 2. The highest BCUT2D eigenvalue weighted by molar-refractivity contribution is 5.82. The summed E-state index contributed by atoms with van der Waals surface area (Å²) in [5.74, 6) is 1.41. The largest absolute Gasteiger partial charge is 0.507 e. The van der Waals surface area contributed by atoms with Crippen molar-refractivity contribution in [3.05, 3.63) is 78.9 Å². The molecule has 0 unspecified atom stereocenters. The molecular formula is C22H18N2O2. The molecule has 4 rings (SSSR count). The number of benzene rings is 3. The molecule has 128 valence electrons. The van der Waals surface area contributed by atoms with Crippen LogP contribution < -0.4 is 4.74 Å². The van der Waals surface area contributed by atoms with Gasteiger partial charge in [0.05, 0.1) is 24.1 Å². The third kappa shape index (κ3) is 2.93. The van der Waals surface area contributed by atoms with Crippen LogP contribution in [0, 0.1) is 0 Å². The van der Waals surface area contributed by atoms with Crippen LogP contribution in [-0.2, 0) is 0 Å². The fourth-order valence-corrected chi connectivity index (χ4v) is 2.95. The lowest BCUT2D eigenvalue weighted by Crippen LogP contribution is -1.86. The molecule has 4 aromatic rings. The predicted molar refractivity (Wildman–Crippen MR) is 103 cm³/mol. The number of H-pyrrole nitrogens is 1. The Hall–Kier alpha value is -3.53. The molecule has 0 saturated carbocycles. The molecule has 1 aromatic heterocycles. The minimum Gasteiger partial charge on any atom is -0.507 e. The Bertz CT molecular complexity index is 968. The zero-order valence-corrected chi connectivity index (χ0v) is 14.3. The summed E-state index contributed by atoms with van der Waals surface area (Å²) in [4.78, 5) is 8.17. The summed E-state index contributed by atoms with van der Waals surface area (Å²) in [7, 11) is 1.60.